The zero-order valence-electron chi connectivity index (χ0n) is 10.6. The van der Waals surface area contributed by atoms with E-state index < -0.39 is 10.0 Å². The normalized spacial score (nSPS) is 10.9. The maximum absolute atomic E-state index is 12.3. The van der Waals surface area contributed by atoms with Crippen LogP contribution in [0.1, 0.15) is 0 Å². The highest BCUT2D eigenvalue weighted by Crippen LogP contribution is 2.22. The standard InChI is InChI=1S/C11H13N5O3S/c1-19-11-6-8(2-5-14-11)16-20(17,18)10-7-13-4-3-9(10)15-12/h2-7H,12H2,1H3,(H,13,15)(H,14,16). The molecule has 20 heavy (non-hydrogen) atoms. The van der Waals surface area contributed by atoms with Gasteiger partial charge in [0, 0.05) is 24.7 Å². The monoisotopic (exact) mass is 295 g/mol. The second-order valence-corrected chi connectivity index (χ2v) is 5.36. The smallest absolute Gasteiger partial charge is 0.265 e. The van der Waals surface area contributed by atoms with E-state index in [0.29, 0.717) is 11.6 Å². The first-order chi connectivity index (χ1) is 9.56. The molecule has 0 aromatic carbocycles. The van der Waals surface area contributed by atoms with Crippen molar-refractivity contribution in [1.82, 2.24) is 9.97 Å². The van der Waals surface area contributed by atoms with Crippen LogP contribution in [-0.4, -0.2) is 25.5 Å². The number of hydrogen-bond acceptors (Lipinski definition) is 7. The summed E-state index contributed by atoms with van der Waals surface area (Å²) in [5, 5.41) is 0. The Morgan fingerprint density at radius 3 is 2.80 bits per heavy atom. The fourth-order valence-electron chi connectivity index (χ4n) is 1.51. The van der Waals surface area contributed by atoms with Crippen LogP contribution >= 0.6 is 0 Å². The molecule has 2 aromatic heterocycles. The Labute approximate surface area is 116 Å². The van der Waals surface area contributed by atoms with Crippen LogP contribution < -0.4 is 20.7 Å². The maximum atomic E-state index is 12.3. The number of hydrazine groups is 1. The molecule has 2 rings (SSSR count). The Bertz CT molecular complexity index is 705. The first-order valence-corrected chi connectivity index (χ1v) is 6.98. The average Bonchev–Trinajstić information content (AvgIpc) is 2.47. The molecule has 0 fully saturated rings. The Morgan fingerprint density at radius 1 is 1.30 bits per heavy atom. The largest absolute Gasteiger partial charge is 0.481 e. The second kappa shape index (κ2) is 5.72. The highest BCUT2D eigenvalue weighted by molar-refractivity contribution is 7.92. The summed E-state index contributed by atoms with van der Waals surface area (Å²) in [6.45, 7) is 0. The van der Waals surface area contributed by atoms with Crippen LogP contribution in [-0.2, 0) is 10.0 Å². The Kier molecular flexibility index (Phi) is 4.01. The minimum absolute atomic E-state index is 0.0571. The van der Waals surface area contributed by atoms with Gasteiger partial charge in [0.05, 0.1) is 18.5 Å². The highest BCUT2D eigenvalue weighted by atomic mass is 32.2. The lowest BCUT2D eigenvalue weighted by Gasteiger charge is -2.11. The van der Waals surface area contributed by atoms with Crippen LogP contribution in [0, 0.1) is 0 Å². The van der Waals surface area contributed by atoms with Gasteiger partial charge in [0.1, 0.15) is 4.90 Å². The molecule has 0 bridgehead atoms. The van der Waals surface area contributed by atoms with Gasteiger partial charge in [-0.05, 0) is 12.1 Å². The number of anilines is 2. The summed E-state index contributed by atoms with van der Waals surface area (Å²) in [5.74, 6) is 5.59. The summed E-state index contributed by atoms with van der Waals surface area (Å²) in [5.41, 5.74) is 2.88. The van der Waals surface area contributed by atoms with Crippen LogP contribution in [0.2, 0.25) is 0 Å². The molecule has 0 unspecified atom stereocenters. The summed E-state index contributed by atoms with van der Waals surface area (Å²) < 4.78 is 31.9. The molecule has 0 amide bonds. The Balaban J connectivity index is 2.35. The minimum Gasteiger partial charge on any atom is -0.481 e. The topological polar surface area (TPSA) is 119 Å². The second-order valence-electron chi connectivity index (χ2n) is 3.71. The third-order valence-electron chi connectivity index (χ3n) is 2.43. The third kappa shape index (κ3) is 2.95. The van der Waals surface area contributed by atoms with Gasteiger partial charge in [0.2, 0.25) is 5.88 Å². The van der Waals surface area contributed by atoms with Gasteiger partial charge in [-0.15, -0.1) is 0 Å². The van der Waals surface area contributed by atoms with Gasteiger partial charge in [-0.3, -0.25) is 15.5 Å². The zero-order chi connectivity index (χ0) is 14.6. The molecule has 8 nitrogen and oxygen atoms in total. The number of nitrogen functional groups attached to an aromatic ring is 1. The third-order valence-corrected chi connectivity index (χ3v) is 3.83. The molecular formula is C11H13N5O3S. The SMILES string of the molecule is COc1cc(NS(=O)(=O)c2cnccc2NN)ccn1. The number of methoxy groups -OCH3 is 1. The predicted molar refractivity (Wildman–Crippen MR) is 73.6 cm³/mol. The van der Waals surface area contributed by atoms with E-state index >= 15 is 0 Å². The van der Waals surface area contributed by atoms with E-state index in [1.165, 1.54) is 43.9 Å². The molecule has 9 heteroatoms. The van der Waals surface area contributed by atoms with Crippen molar-refractivity contribution in [2.24, 2.45) is 5.84 Å². The summed E-state index contributed by atoms with van der Waals surface area (Å²) in [6, 6.07) is 4.43. The quantitative estimate of drug-likeness (QED) is 0.545. The van der Waals surface area contributed by atoms with Gasteiger partial charge >= 0.3 is 0 Å². The molecule has 0 aliphatic rings. The Hall–Kier alpha value is -2.39. The number of ether oxygens (including phenoxy) is 1. The number of nitrogens with one attached hydrogen (secondary N) is 2. The van der Waals surface area contributed by atoms with Crippen LogP contribution in [0.4, 0.5) is 11.4 Å². The fourth-order valence-corrected chi connectivity index (χ4v) is 2.67. The van der Waals surface area contributed by atoms with Crippen LogP contribution in [0.15, 0.2) is 41.7 Å². The lowest BCUT2D eigenvalue weighted by molar-refractivity contribution is 0.398. The number of pyridine rings is 2. The average molecular weight is 295 g/mol. The van der Waals surface area contributed by atoms with E-state index in [1.54, 1.807) is 0 Å². The van der Waals surface area contributed by atoms with Crippen LogP contribution in [0.3, 0.4) is 0 Å². The van der Waals surface area contributed by atoms with Crippen molar-refractivity contribution in [3.05, 3.63) is 36.8 Å². The van der Waals surface area contributed by atoms with E-state index in [9.17, 15) is 8.42 Å². The van der Waals surface area contributed by atoms with Crippen molar-refractivity contribution in [3.63, 3.8) is 0 Å². The van der Waals surface area contributed by atoms with E-state index in [1.807, 2.05) is 0 Å². The number of nitrogens with zero attached hydrogens (tertiary/aromatic N) is 2. The zero-order valence-corrected chi connectivity index (χ0v) is 11.4. The van der Waals surface area contributed by atoms with Crippen molar-refractivity contribution in [2.45, 2.75) is 4.90 Å². The lowest BCUT2D eigenvalue weighted by Crippen LogP contribution is -2.17. The number of sulfonamides is 1. The van der Waals surface area contributed by atoms with Crippen LogP contribution in [0.25, 0.3) is 0 Å². The van der Waals surface area contributed by atoms with Gasteiger partial charge in [-0.1, -0.05) is 0 Å². The first-order valence-electron chi connectivity index (χ1n) is 5.50. The molecule has 0 aliphatic carbocycles. The Morgan fingerprint density at radius 2 is 2.10 bits per heavy atom. The molecule has 106 valence electrons. The van der Waals surface area contributed by atoms with Crippen molar-refractivity contribution >= 4 is 21.4 Å². The predicted octanol–water partition coefficient (Wildman–Crippen LogP) is 0.572. The van der Waals surface area contributed by atoms with Gasteiger partial charge in [-0.25, -0.2) is 13.4 Å². The van der Waals surface area contributed by atoms with E-state index in [4.69, 9.17) is 10.6 Å². The van der Waals surface area contributed by atoms with Gasteiger partial charge in [-0.2, -0.15) is 0 Å². The van der Waals surface area contributed by atoms with Gasteiger partial charge < -0.3 is 10.2 Å². The minimum atomic E-state index is -3.82. The number of rotatable bonds is 5. The van der Waals surface area contributed by atoms with E-state index in [2.05, 4.69) is 20.1 Å². The molecule has 0 atom stereocenters. The maximum Gasteiger partial charge on any atom is 0.265 e. The van der Waals surface area contributed by atoms with Crippen LogP contribution in [0.5, 0.6) is 5.88 Å². The molecule has 0 radical (unpaired) electrons. The molecule has 0 aliphatic heterocycles. The highest BCUT2D eigenvalue weighted by Gasteiger charge is 2.19. The molecule has 0 saturated heterocycles. The van der Waals surface area contributed by atoms with Crippen molar-refractivity contribution in [3.8, 4) is 5.88 Å². The number of aromatic nitrogens is 2. The molecule has 0 spiro atoms. The van der Waals surface area contributed by atoms with Crippen molar-refractivity contribution < 1.29 is 13.2 Å². The lowest BCUT2D eigenvalue weighted by atomic mass is 10.4. The summed E-state index contributed by atoms with van der Waals surface area (Å²) in [6.07, 6.45) is 4.07. The molecule has 0 saturated carbocycles. The van der Waals surface area contributed by atoms with Gasteiger partial charge in [0.15, 0.2) is 0 Å². The summed E-state index contributed by atoms with van der Waals surface area (Å²) in [4.78, 5) is 7.62. The number of hydrogen-bond donors (Lipinski definition) is 3. The number of nitrogens with two attached hydrogens (primary N) is 1. The molecule has 2 heterocycles. The van der Waals surface area contributed by atoms with E-state index in [-0.39, 0.29) is 10.6 Å². The molecule has 2 aromatic rings. The van der Waals surface area contributed by atoms with Crippen molar-refractivity contribution in [2.75, 3.05) is 17.3 Å². The summed E-state index contributed by atoms with van der Waals surface area (Å²) in [7, 11) is -2.38. The van der Waals surface area contributed by atoms with Crippen molar-refractivity contribution in [1.29, 1.82) is 0 Å². The van der Waals surface area contributed by atoms with E-state index in [0.717, 1.165) is 0 Å². The molecular weight excluding hydrogens is 282 g/mol. The summed E-state index contributed by atoms with van der Waals surface area (Å²) >= 11 is 0. The fraction of sp³-hybridized carbons (Fsp3) is 0.0909. The molecule has 4 N–H and O–H groups in total. The van der Waals surface area contributed by atoms with Gasteiger partial charge in [0.25, 0.3) is 10.0 Å². The first kappa shape index (κ1) is 14.0.